The molecular weight excluding hydrogens is 162 g/mol. The Morgan fingerprint density at radius 2 is 2.23 bits per heavy atom. The SMILES string of the molecule is Cc1cc(C#N)cc2cncnc12. The number of nitriles is 1. The van der Waals surface area contributed by atoms with E-state index in [2.05, 4.69) is 16.0 Å². The summed E-state index contributed by atoms with van der Waals surface area (Å²) in [6.07, 6.45) is 3.23. The Morgan fingerprint density at radius 3 is 3.00 bits per heavy atom. The molecule has 62 valence electrons. The summed E-state index contributed by atoms with van der Waals surface area (Å²) in [6.45, 7) is 1.94. The van der Waals surface area contributed by atoms with E-state index < -0.39 is 0 Å². The van der Waals surface area contributed by atoms with Crippen LogP contribution in [0, 0.1) is 18.3 Å². The van der Waals surface area contributed by atoms with Crippen molar-refractivity contribution in [1.29, 1.82) is 5.26 Å². The van der Waals surface area contributed by atoms with E-state index in [1.165, 1.54) is 6.33 Å². The molecule has 0 spiro atoms. The Balaban J connectivity index is 2.86. The van der Waals surface area contributed by atoms with Crippen LogP contribution in [0.3, 0.4) is 0 Å². The van der Waals surface area contributed by atoms with Crippen LogP contribution in [-0.2, 0) is 0 Å². The van der Waals surface area contributed by atoms with E-state index in [-0.39, 0.29) is 0 Å². The van der Waals surface area contributed by atoms with Crippen molar-refractivity contribution in [2.24, 2.45) is 0 Å². The molecule has 0 atom stereocenters. The third-order valence-electron chi connectivity index (χ3n) is 1.93. The van der Waals surface area contributed by atoms with E-state index >= 15 is 0 Å². The summed E-state index contributed by atoms with van der Waals surface area (Å²) in [7, 11) is 0. The Morgan fingerprint density at radius 1 is 1.38 bits per heavy atom. The molecule has 0 unspecified atom stereocenters. The molecule has 1 aromatic carbocycles. The van der Waals surface area contributed by atoms with E-state index in [0.717, 1.165) is 16.5 Å². The molecule has 0 saturated carbocycles. The Kier molecular flexibility index (Phi) is 1.67. The summed E-state index contributed by atoms with van der Waals surface area (Å²) in [4.78, 5) is 8.04. The molecule has 0 saturated heterocycles. The highest BCUT2D eigenvalue weighted by molar-refractivity contribution is 5.82. The van der Waals surface area contributed by atoms with Crippen molar-refractivity contribution in [2.75, 3.05) is 0 Å². The summed E-state index contributed by atoms with van der Waals surface area (Å²) in [5.41, 5.74) is 2.57. The second-order valence-electron chi connectivity index (χ2n) is 2.87. The first-order chi connectivity index (χ1) is 6.31. The largest absolute Gasteiger partial charge is 0.244 e. The van der Waals surface area contributed by atoms with Gasteiger partial charge in [-0.25, -0.2) is 9.97 Å². The van der Waals surface area contributed by atoms with Crippen molar-refractivity contribution in [3.8, 4) is 6.07 Å². The predicted octanol–water partition coefficient (Wildman–Crippen LogP) is 1.81. The molecule has 13 heavy (non-hydrogen) atoms. The zero-order valence-electron chi connectivity index (χ0n) is 7.15. The number of rotatable bonds is 0. The molecule has 1 aromatic heterocycles. The maximum Gasteiger partial charge on any atom is 0.116 e. The fourth-order valence-electron chi connectivity index (χ4n) is 1.35. The van der Waals surface area contributed by atoms with Gasteiger partial charge in [-0.1, -0.05) is 0 Å². The van der Waals surface area contributed by atoms with Crippen molar-refractivity contribution in [2.45, 2.75) is 6.92 Å². The average Bonchev–Trinajstić information content (AvgIpc) is 2.18. The lowest BCUT2D eigenvalue weighted by atomic mass is 10.1. The van der Waals surface area contributed by atoms with Crippen LogP contribution in [0.15, 0.2) is 24.7 Å². The average molecular weight is 169 g/mol. The number of benzene rings is 1. The van der Waals surface area contributed by atoms with Crippen LogP contribution in [0.5, 0.6) is 0 Å². The van der Waals surface area contributed by atoms with Crippen LogP contribution in [0.4, 0.5) is 0 Å². The number of hydrogen-bond acceptors (Lipinski definition) is 3. The smallest absolute Gasteiger partial charge is 0.116 e. The highest BCUT2D eigenvalue weighted by Gasteiger charge is 2.00. The predicted molar refractivity (Wildman–Crippen MR) is 49.0 cm³/mol. The third kappa shape index (κ3) is 1.23. The normalized spacial score (nSPS) is 9.85. The third-order valence-corrected chi connectivity index (χ3v) is 1.93. The van der Waals surface area contributed by atoms with Crippen molar-refractivity contribution in [1.82, 2.24) is 9.97 Å². The number of nitrogens with zero attached hydrogens (tertiary/aromatic N) is 3. The minimum absolute atomic E-state index is 0.653. The summed E-state index contributed by atoms with van der Waals surface area (Å²) in [5.74, 6) is 0. The van der Waals surface area contributed by atoms with E-state index in [1.54, 1.807) is 12.3 Å². The number of aromatic nitrogens is 2. The zero-order valence-corrected chi connectivity index (χ0v) is 7.15. The molecule has 0 N–H and O–H groups in total. The Bertz CT molecular complexity index is 497. The zero-order chi connectivity index (χ0) is 9.26. The lowest BCUT2D eigenvalue weighted by molar-refractivity contribution is 1.21. The fourth-order valence-corrected chi connectivity index (χ4v) is 1.35. The molecule has 0 fully saturated rings. The van der Waals surface area contributed by atoms with Crippen LogP contribution < -0.4 is 0 Å². The van der Waals surface area contributed by atoms with Gasteiger partial charge in [-0.2, -0.15) is 5.26 Å². The van der Waals surface area contributed by atoms with Gasteiger partial charge < -0.3 is 0 Å². The summed E-state index contributed by atoms with van der Waals surface area (Å²) in [6, 6.07) is 5.73. The van der Waals surface area contributed by atoms with Crippen molar-refractivity contribution in [3.63, 3.8) is 0 Å². The lowest BCUT2D eigenvalue weighted by Crippen LogP contribution is -1.86. The monoisotopic (exact) mass is 169 g/mol. The van der Waals surface area contributed by atoms with Crippen LogP contribution >= 0.6 is 0 Å². The second kappa shape index (κ2) is 2.83. The van der Waals surface area contributed by atoms with E-state index in [9.17, 15) is 0 Å². The molecule has 0 amide bonds. The summed E-state index contributed by atoms with van der Waals surface area (Å²) in [5, 5.41) is 9.65. The minimum atomic E-state index is 0.653. The van der Waals surface area contributed by atoms with Gasteiger partial charge in [-0.05, 0) is 24.6 Å². The highest BCUT2D eigenvalue weighted by Crippen LogP contribution is 2.16. The first-order valence-corrected chi connectivity index (χ1v) is 3.92. The maximum atomic E-state index is 8.73. The second-order valence-corrected chi connectivity index (χ2v) is 2.87. The van der Waals surface area contributed by atoms with E-state index in [1.807, 2.05) is 13.0 Å². The molecule has 2 aromatic rings. The van der Waals surface area contributed by atoms with Gasteiger partial charge in [0.05, 0.1) is 17.1 Å². The van der Waals surface area contributed by atoms with Gasteiger partial charge >= 0.3 is 0 Å². The summed E-state index contributed by atoms with van der Waals surface area (Å²) >= 11 is 0. The fraction of sp³-hybridized carbons (Fsp3) is 0.100. The quantitative estimate of drug-likeness (QED) is 0.604. The molecule has 0 aliphatic rings. The number of hydrogen-bond donors (Lipinski definition) is 0. The van der Waals surface area contributed by atoms with Crippen LogP contribution in [0.2, 0.25) is 0 Å². The minimum Gasteiger partial charge on any atom is -0.244 e. The summed E-state index contributed by atoms with van der Waals surface area (Å²) < 4.78 is 0. The van der Waals surface area contributed by atoms with E-state index in [4.69, 9.17) is 5.26 Å². The highest BCUT2D eigenvalue weighted by atomic mass is 14.8. The first kappa shape index (κ1) is 7.69. The van der Waals surface area contributed by atoms with Gasteiger partial charge in [0.25, 0.3) is 0 Å². The van der Waals surface area contributed by atoms with Crippen molar-refractivity contribution >= 4 is 10.9 Å². The lowest BCUT2D eigenvalue weighted by Gasteiger charge is -1.99. The van der Waals surface area contributed by atoms with Gasteiger partial charge in [0.1, 0.15) is 6.33 Å². The van der Waals surface area contributed by atoms with Gasteiger partial charge in [-0.3, -0.25) is 0 Å². The van der Waals surface area contributed by atoms with Crippen LogP contribution in [0.25, 0.3) is 10.9 Å². The van der Waals surface area contributed by atoms with Gasteiger partial charge in [0, 0.05) is 11.6 Å². The first-order valence-electron chi connectivity index (χ1n) is 3.92. The molecule has 0 aliphatic heterocycles. The molecule has 1 heterocycles. The molecule has 3 nitrogen and oxygen atoms in total. The topological polar surface area (TPSA) is 49.6 Å². The molecule has 3 heteroatoms. The van der Waals surface area contributed by atoms with Gasteiger partial charge in [0.2, 0.25) is 0 Å². The number of fused-ring (bicyclic) bond motifs is 1. The maximum absolute atomic E-state index is 8.73. The van der Waals surface area contributed by atoms with Crippen molar-refractivity contribution in [3.05, 3.63) is 35.8 Å². The molecule has 2 rings (SSSR count). The van der Waals surface area contributed by atoms with Gasteiger partial charge in [0.15, 0.2) is 0 Å². The molecule has 0 aliphatic carbocycles. The Labute approximate surface area is 75.7 Å². The van der Waals surface area contributed by atoms with Crippen LogP contribution in [-0.4, -0.2) is 9.97 Å². The Hall–Kier alpha value is -1.95. The van der Waals surface area contributed by atoms with Gasteiger partial charge in [-0.15, -0.1) is 0 Å². The molecular formula is C10H7N3. The van der Waals surface area contributed by atoms with E-state index in [0.29, 0.717) is 5.56 Å². The van der Waals surface area contributed by atoms with Crippen LogP contribution in [0.1, 0.15) is 11.1 Å². The van der Waals surface area contributed by atoms with Crippen molar-refractivity contribution < 1.29 is 0 Å². The molecule has 0 radical (unpaired) electrons. The molecule has 0 bridgehead atoms. The standard InChI is InChI=1S/C10H7N3/c1-7-2-8(4-11)3-9-5-12-6-13-10(7)9/h2-3,5-6H,1H3. The number of aryl methyl sites for hydroxylation is 1.